The highest BCUT2D eigenvalue weighted by Crippen LogP contribution is 2.33. The number of nitriles is 1. The van der Waals surface area contributed by atoms with Crippen molar-refractivity contribution >= 4 is 17.3 Å². The fraction of sp³-hybridized carbons (Fsp3) is 0.294. The SMILES string of the molecule is COC(=O)c1sc(-c2ccc(OCC(C)C)c(C#N)c2)cc1F. The van der Waals surface area contributed by atoms with Crippen LogP contribution in [0.1, 0.15) is 29.1 Å². The third-order valence-corrected chi connectivity index (χ3v) is 4.15. The number of benzene rings is 1. The third kappa shape index (κ3) is 3.88. The summed E-state index contributed by atoms with van der Waals surface area (Å²) in [5.41, 5.74) is 1.02. The van der Waals surface area contributed by atoms with Crippen molar-refractivity contribution in [2.24, 2.45) is 5.92 Å². The highest BCUT2D eigenvalue weighted by molar-refractivity contribution is 7.17. The van der Waals surface area contributed by atoms with Gasteiger partial charge in [-0.3, -0.25) is 0 Å². The van der Waals surface area contributed by atoms with Crippen LogP contribution in [0.5, 0.6) is 5.75 Å². The molecule has 0 atom stereocenters. The van der Waals surface area contributed by atoms with Gasteiger partial charge in [0.05, 0.1) is 19.3 Å². The Labute approximate surface area is 138 Å². The average Bonchev–Trinajstić information content (AvgIpc) is 2.93. The van der Waals surface area contributed by atoms with E-state index in [1.165, 1.54) is 13.2 Å². The molecule has 1 aromatic carbocycles. The van der Waals surface area contributed by atoms with Crippen LogP contribution in [-0.2, 0) is 4.74 Å². The second-order valence-corrected chi connectivity index (χ2v) is 6.36. The Hall–Kier alpha value is -2.39. The van der Waals surface area contributed by atoms with Crippen LogP contribution in [-0.4, -0.2) is 19.7 Å². The number of nitrogens with zero attached hydrogens (tertiary/aromatic N) is 1. The molecule has 0 radical (unpaired) electrons. The Balaban J connectivity index is 2.34. The normalized spacial score (nSPS) is 10.4. The molecule has 0 bridgehead atoms. The molecule has 23 heavy (non-hydrogen) atoms. The maximum atomic E-state index is 13.8. The molecule has 1 aromatic heterocycles. The van der Waals surface area contributed by atoms with Crippen LogP contribution in [0.4, 0.5) is 4.39 Å². The molecular formula is C17H16FNO3S. The van der Waals surface area contributed by atoms with Crippen molar-refractivity contribution in [1.82, 2.24) is 0 Å². The maximum Gasteiger partial charge on any atom is 0.351 e. The zero-order valence-corrected chi connectivity index (χ0v) is 13.9. The number of hydrogen-bond acceptors (Lipinski definition) is 5. The fourth-order valence-electron chi connectivity index (χ4n) is 1.90. The van der Waals surface area contributed by atoms with E-state index in [9.17, 15) is 14.4 Å². The number of methoxy groups -OCH3 is 1. The van der Waals surface area contributed by atoms with Gasteiger partial charge >= 0.3 is 5.97 Å². The van der Waals surface area contributed by atoms with Crippen molar-refractivity contribution in [3.8, 4) is 22.3 Å². The second-order valence-electron chi connectivity index (χ2n) is 5.31. The Kier molecular flexibility index (Phi) is 5.35. The van der Waals surface area contributed by atoms with Crippen LogP contribution in [0.15, 0.2) is 24.3 Å². The molecular weight excluding hydrogens is 317 g/mol. The summed E-state index contributed by atoms with van der Waals surface area (Å²) in [5.74, 6) is -0.503. The average molecular weight is 333 g/mol. The van der Waals surface area contributed by atoms with E-state index >= 15 is 0 Å². The molecule has 0 saturated heterocycles. The molecule has 0 fully saturated rings. The molecule has 0 aliphatic rings. The van der Waals surface area contributed by atoms with Gasteiger partial charge in [-0.15, -0.1) is 11.3 Å². The fourth-order valence-corrected chi connectivity index (χ4v) is 2.85. The Morgan fingerprint density at radius 3 is 2.74 bits per heavy atom. The van der Waals surface area contributed by atoms with Crippen molar-refractivity contribution < 1.29 is 18.7 Å². The summed E-state index contributed by atoms with van der Waals surface area (Å²) in [6, 6.07) is 8.40. The highest BCUT2D eigenvalue weighted by atomic mass is 32.1. The highest BCUT2D eigenvalue weighted by Gasteiger charge is 2.18. The largest absolute Gasteiger partial charge is 0.492 e. The summed E-state index contributed by atoms with van der Waals surface area (Å²) < 4.78 is 24.0. The zero-order valence-electron chi connectivity index (χ0n) is 13.1. The van der Waals surface area contributed by atoms with Gasteiger partial charge in [-0.1, -0.05) is 13.8 Å². The second kappa shape index (κ2) is 7.25. The molecule has 0 unspecified atom stereocenters. The van der Waals surface area contributed by atoms with Gasteiger partial charge in [0.2, 0.25) is 0 Å². The molecule has 0 spiro atoms. The zero-order chi connectivity index (χ0) is 17.0. The van der Waals surface area contributed by atoms with Crippen LogP contribution in [0.3, 0.4) is 0 Å². The van der Waals surface area contributed by atoms with Crippen LogP contribution in [0.25, 0.3) is 10.4 Å². The molecule has 2 rings (SSSR count). The lowest BCUT2D eigenvalue weighted by molar-refractivity contribution is 0.0601. The molecule has 0 saturated carbocycles. The van der Waals surface area contributed by atoms with E-state index in [1.807, 2.05) is 13.8 Å². The van der Waals surface area contributed by atoms with Crippen LogP contribution in [0, 0.1) is 23.1 Å². The summed E-state index contributed by atoms with van der Waals surface area (Å²) in [6.07, 6.45) is 0. The van der Waals surface area contributed by atoms with E-state index < -0.39 is 11.8 Å². The summed E-state index contributed by atoms with van der Waals surface area (Å²) in [6.45, 7) is 4.54. The minimum atomic E-state index is -0.712. The lowest BCUT2D eigenvalue weighted by atomic mass is 10.1. The quantitative estimate of drug-likeness (QED) is 0.768. The number of carbonyl (C=O) groups excluding carboxylic acids is 1. The molecule has 4 nitrogen and oxygen atoms in total. The van der Waals surface area contributed by atoms with Gasteiger partial charge in [-0.05, 0) is 35.7 Å². The minimum absolute atomic E-state index is 0.0823. The molecule has 1 heterocycles. The van der Waals surface area contributed by atoms with Crippen LogP contribution in [0.2, 0.25) is 0 Å². The number of thiophene rings is 1. The summed E-state index contributed by atoms with van der Waals surface area (Å²) in [5, 5.41) is 9.27. The predicted molar refractivity (Wildman–Crippen MR) is 86.1 cm³/mol. The van der Waals surface area contributed by atoms with Crippen molar-refractivity contribution in [1.29, 1.82) is 5.26 Å². The smallest absolute Gasteiger partial charge is 0.351 e. The predicted octanol–water partition coefficient (Wildman–Crippen LogP) is 4.25. The first kappa shape index (κ1) is 17.0. The van der Waals surface area contributed by atoms with E-state index in [0.717, 1.165) is 11.3 Å². The van der Waals surface area contributed by atoms with Crippen molar-refractivity contribution in [3.05, 3.63) is 40.5 Å². The molecule has 2 aromatic rings. The number of carbonyl (C=O) groups is 1. The van der Waals surface area contributed by atoms with E-state index in [1.54, 1.807) is 18.2 Å². The molecule has 120 valence electrons. The van der Waals surface area contributed by atoms with E-state index in [2.05, 4.69) is 10.8 Å². The van der Waals surface area contributed by atoms with Crippen molar-refractivity contribution in [3.63, 3.8) is 0 Å². The Bertz CT molecular complexity index is 762. The topological polar surface area (TPSA) is 59.3 Å². The van der Waals surface area contributed by atoms with Crippen molar-refractivity contribution in [2.75, 3.05) is 13.7 Å². The number of rotatable bonds is 5. The third-order valence-electron chi connectivity index (χ3n) is 3.01. The number of ether oxygens (including phenoxy) is 2. The van der Waals surface area contributed by atoms with E-state index in [-0.39, 0.29) is 4.88 Å². The van der Waals surface area contributed by atoms with Gasteiger partial charge in [0, 0.05) is 4.88 Å². The number of halogens is 1. The summed E-state index contributed by atoms with van der Waals surface area (Å²) >= 11 is 0.989. The first-order valence-corrected chi connectivity index (χ1v) is 7.82. The van der Waals surface area contributed by atoms with Gasteiger partial charge in [-0.25, -0.2) is 9.18 Å². The molecule has 6 heteroatoms. The monoisotopic (exact) mass is 333 g/mol. The molecule has 0 N–H and O–H groups in total. The first-order chi connectivity index (χ1) is 11.0. The van der Waals surface area contributed by atoms with Crippen LogP contribution >= 0.6 is 11.3 Å². The van der Waals surface area contributed by atoms with Gasteiger partial charge < -0.3 is 9.47 Å². The molecule has 0 aliphatic carbocycles. The van der Waals surface area contributed by atoms with Gasteiger partial charge in [0.1, 0.15) is 22.5 Å². The lowest BCUT2D eigenvalue weighted by Crippen LogP contribution is -2.05. The van der Waals surface area contributed by atoms with Gasteiger partial charge in [0.25, 0.3) is 0 Å². The van der Waals surface area contributed by atoms with Crippen molar-refractivity contribution in [2.45, 2.75) is 13.8 Å². The Morgan fingerprint density at radius 1 is 1.39 bits per heavy atom. The van der Waals surface area contributed by atoms with E-state index in [0.29, 0.717) is 34.3 Å². The number of hydrogen-bond donors (Lipinski definition) is 0. The maximum absolute atomic E-state index is 13.8. The lowest BCUT2D eigenvalue weighted by Gasteiger charge is -2.10. The Morgan fingerprint density at radius 2 is 2.13 bits per heavy atom. The minimum Gasteiger partial charge on any atom is -0.492 e. The van der Waals surface area contributed by atoms with Gasteiger partial charge in [0.15, 0.2) is 0 Å². The van der Waals surface area contributed by atoms with Gasteiger partial charge in [-0.2, -0.15) is 5.26 Å². The van der Waals surface area contributed by atoms with Crippen LogP contribution < -0.4 is 4.74 Å². The van der Waals surface area contributed by atoms with E-state index in [4.69, 9.17) is 4.74 Å². The first-order valence-electron chi connectivity index (χ1n) is 7.01. The standard InChI is InChI=1S/C17H16FNO3S/c1-10(2)9-22-14-5-4-11(6-12(14)8-19)15-7-13(18)16(23-15)17(20)21-3/h4-7,10H,9H2,1-3H3. The summed E-state index contributed by atoms with van der Waals surface area (Å²) in [4.78, 5) is 11.9. The number of esters is 1. The molecule has 0 amide bonds. The summed E-state index contributed by atoms with van der Waals surface area (Å²) in [7, 11) is 1.20. The molecule has 0 aliphatic heterocycles.